The first kappa shape index (κ1) is 18.9. The van der Waals surface area contributed by atoms with Crippen LogP contribution in [0, 0.1) is 18.2 Å². The third-order valence-electron chi connectivity index (χ3n) is 5.31. The molecule has 1 N–H and O–H groups in total. The molecule has 2 aromatic rings. The Hall–Kier alpha value is -1.88. The maximum atomic E-state index is 13.6. The first-order chi connectivity index (χ1) is 12.2. The van der Waals surface area contributed by atoms with E-state index in [0.29, 0.717) is 11.8 Å². The van der Waals surface area contributed by atoms with Gasteiger partial charge in [0.1, 0.15) is 5.82 Å². The van der Waals surface area contributed by atoms with Crippen molar-refractivity contribution in [1.29, 1.82) is 0 Å². The Morgan fingerprint density at radius 1 is 1.19 bits per heavy atom. The van der Waals surface area contributed by atoms with Crippen LogP contribution in [0.4, 0.5) is 4.39 Å². The van der Waals surface area contributed by atoms with E-state index in [1.54, 1.807) is 6.07 Å². The van der Waals surface area contributed by atoms with Crippen LogP contribution in [0.5, 0.6) is 0 Å². The Labute approximate surface area is 155 Å². The third-order valence-corrected chi connectivity index (χ3v) is 5.31. The van der Waals surface area contributed by atoms with Gasteiger partial charge in [-0.3, -0.25) is 9.69 Å². The normalized spacial score (nSPS) is 16.4. The lowest BCUT2D eigenvalue weighted by molar-refractivity contribution is -0.132. The number of halogens is 1. The number of H-pyrrole nitrogens is 1. The molecule has 5 heteroatoms. The molecule has 1 fully saturated rings. The van der Waals surface area contributed by atoms with Crippen molar-refractivity contribution in [3.8, 4) is 0 Å². The lowest BCUT2D eigenvalue weighted by Gasteiger charge is -2.36. The molecular formula is C21H30FN3O. The molecule has 0 atom stereocenters. The molecule has 0 unspecified atom stereocenters. The van der Waals surface area contributed by atoms with Gasteiger partial charge in [0.25, 0.3) is 0 Å². The Morgan fingerprint density at radius 2 is 1.88 bits per heavy atom. The number of aryl methyl sites for hydroxylation is 1. The maximum absolute atomic E-state index is 13.6. The molecule has 1 amide bonds. The van der Waals surface area contributed by atoms with Gasteiger partial charge in [0.2, 0.25) is 5.91 Å². The second-order valence-corrected chi connectivity index (χ2v) is 8.63. The molecule has 0 saturated carbocycles. The summed E-state index contributed by atoms with van der Waals surface area (Å²) in [5, 5.41) is 0.819. The molecule has 1 aliphatic rings. The summed E-state index contributed by atoms with van der Waals surface area (Å²) in [7, 11) is 0. The van der Waals surface area contributed by atoms with E-state index in [9.17, 15) is 9.18 Å². The highest BCUT2D eigenvalue weighted by Crippen LogP contribution is 2.24. The highest BCUT2D eigenvalue weighted by Gasteiger charge is 2.23. The summed E-state index contributed by atoms with van der Waals surface area (Å²) in [6, 6.07) is 4.70. The number of amides is 1. The number of aromatic amines is 1. The summed E-state index contributed by atoms with van der Waals surface area (Å²) in [6.07, 6.45) is 1.50. The fraction of sp³-hybridized carbons (Fsp3) is 0.571. The summed E-state index contributed by atoms with van der Waals surface area (Å²) in [4.78, 5) is 20.4. The van der Waals surface area contributed by atoms with Crippen LogP contribution in [0.15, 0.2) is 18.2 Å². The van der Waals surface area contributed by atoms with Gasteiger partial charge in [-0.25, -0.2) is 4.39 Å². The van der Waals surface area contributed by atoms with E-state index in [4.69, 9.17) is 0 Å². The van der Waals surface area contributed by atoms with Crippen molar-refractivity contribution in [2.24, 2.45) is 5.41 Å². The monoisotopic (exact) mass is 359 g/mol. The van der Waals surface area contributed by atoms with E-state index in [2.05, 4.69) is 30.7 Å². The minimum absolute atomic E-state index is 0.133. The second-order valence-electron chi connectivity index (χ2n) is 8.63. The third kappa shape index (κ3) is 4.44. The Morgan fingerprint density at radius 3 is 2.54 bits per heavy atom. The van der Waals surface area contributed by atoms with Crippen LogP contribution in [0.3, 0.4) is 0 Å². The zero-order chi connectivity index (χ0) is 18.9. The van der Waals surface area contributed by atoms with Crippen molar-refractivity contribution in [2.45, 2.75) is 40.5 Å². The number of hydrogen-bond donors (Lipinski definition) is 1. The van der Waals surface area contributed by atoms with E-state index in [0.717, 1.165) is 54.9 Å². The van der Waals surface area contributed by atoms with Crippen molar-refractivity contribution >= 4 is 16.8 Å². The quantitative estimate of drug-likeness (QED) is 0.903. The van der Waals surface area contributed by atoms with Gasteiger partial charge in [0, 0.05) is 42.8 Å². The van der Waals surface area contributed by atoms with Crippen molar-refractivity contribution in [1.82, 2.24) is 14.8 Å². The van der Waals surface area contributed by atoms with Gasteiger partial charge >= 0.3 is 0 Å². The number of fused-ring (bicyclic) bond motifs is 1. The van der Waals surface area contributed by atoms with Gasteiger partial charge in [0.05, 0.1) is 6.42 Å². The molecule has 3 rings (SSSR count). The number of carbonyl (C=O) groups excluding carboxylic acids is 1. The predicted octanol–water partition coefficient (Wildman–Crippen LogP) is 3.74. The van der Waals surface area contributed by atoms with Crippen LogP contribution >= 0.6 is 0 Å². The summed E-state index contributed by atoms with van der Waals surface area (Å²) in [6.45, 7) is 13.2. The minimum Gasteiger partial charge on any atom is -0.358 e. The number of hydrogen-bond acceptors (Lipinski definition) is 2. The average molecular weight is 359 g/mol. The number of carbonyl (C=O) groups is 1. The SMILES string of the molecule is Cc1[nH]c2ccc(F)cc2c1CC(=O)N1CCN(CCC(C)(C)C)CC1. The highest BCUT2D eigenvalue weighted by molar-refractivity contribution is 5.90. The molecule has 0 spiro atoms. The topological polar surface area (TPSA) is 39.3 Å². The van der Waals surface area contributed by atoms with Gasteiger partial charge < -0.3 is 9.88 Å². The summed E-state index contributed by atoms with van der Waals surface area (Å²) >= 11 is 0. The highest BCUT2D eigenvalue weighted by atomic mass is 19.1. The number of benzene rings is 1. The molecule has 1 aromatic carbocycles. The molecule has 4 nitrogen and oxygen atoms in total. The molecule has 1 saturated heterocycles. The molecule has 26 heavy (non-hydrogen) atoms. The number of nitrogens with one attached hydrogen (secondary N) is 1. The fourth-order valence-electron chi connectivity index (χ4n) is 3.56. The Balaban J connectivity index is 1.60. The summed E-state index contributed by atoms with van der Waals surface area (Å²) in [5.74, 6) is -0.133. The summed E-state index contributed by atoms with van der Waals surface area (Å²) < 4.78 is 13.6. The zero-order valence-electron chi connectivity index (χ0n) is 16.4. The Bertz CT molecular complexity index is 782. The largest absolute Gasteiger partial charge is 0.358 e. The second kappa shape index (κ2) is 7.39. The van der Waals surface area contributed by atoms with Crippen LogP contribution < -0.4 is 0 Å². The number of piperazine rings is 1. The molecular weight excluding hydrogens is 329 g/mol. The number of aromatic nitrogens is 1. The zero-order valence-corrected chi connectivity index (χ0v) is 16.4. The van der Waals surface area contributed by atoms with Crippen LogP contribution in [0.2, 0.25) is 0 Å². The molecule has 0 radical (unpaired) electrons. The van der Waals surface area contributed by atoms with Crippen molar-refractivity contribution in [3.63, 3.8) is 0 Å². The van der Waals surface area contributed by atoms with Crippen LogP contribution in [0.1, 0.15) is 38.4 Å². The van der Waals surface area contributed by atoms with E-state index >= 15 is 0 Å². The molecule has 1 aromatic heterocycles. The van der Waals surface area contributed by atoms with Crippen molar-refractivity contribution in [3.05, 3.63) is 35.3 Å². The standard InChI is InChI=1S/C21H30FN3O/c1-15-17(18-13-16(22)5-6-19(18)23-15)14-20(26)25-11-9-24(10-12-25)8-7-21(2,3)4/h5-6,13,23H,7-12,14H2,1-4H3. The predicted molar refractivity (Wildman–Crippen MR) is 104 cm³/mol. The fourth-order valence-corrected chi connectivity index (χ4v) is 3.56. The minimum atomic E-state index is -0.266. The molecule has 0 bridgehead atoms. The van der Waals surface area contributed by atoms with E-state index in [1.165, 1.54) is 18.6 Å². The van der Waals surface area contributed by atoms with Crippen LogP contribution in [-0.4, -0.2) is 53.4 Å². The van der Waals surface area contributed by atoms with Gasteiger partial charge in [0.15, 0.2) is 0 Å². The first-order valence-electron chi connectivity index (χ1n) is 9.50. The molecule has 142 valence electrons. The lowest BCUT2D eigenvalue weighted by Crippen LogP contribution is -2.49. The van der Waals surface area contributed by atoms with E-state index < -0.39 is 0 Å². The lowest BCUT2D eigenvalue weighted by atomic mass is 9.92. The number of nitrogens with zero attached hydrogens (tertiary/aromatic N) is 2. The smallest absolute Gasteiger partial charge is 0.227 e. The first-order valence-corrected chi connectivity index (χ1v) is 9.50. The van der Waals surface area contributed by atoms with Gasteiger partial charge in [-0.15, -0.1) is 0 Å². The van der Waals surface area contributed by atoms with E-state index in [-0.39, 0.29) is 11.7 Å². The molecule has 1 aliphatic heterocycles. The maximum Gasteiger partial charge on any atom is 0.227 e. The number of rotatable bonds is 4. The Kier molecular flexibility index (Phi) is 5.37. The average Bonchev–Trinajstić information content (AvgIpc) is 2.88. The molecule has 0 aliphatic carbocycles. The van der Waals surface area contributed by atoms with E-state index in [1.807, 2.05) is 11.8 Å². The summed E-state index contributed by atoms with van der Waals surface area (Å²) in [5.41, 5.74) is 3.09. The van der Waals surface area contributed by atoms with Gasteiger partial charge in [-0.05, 0) is 49.1 Å². The van der Waals surface area contributed by atoms with Gasteiger partial charge in [-0.2, -0.15) is 0 Å². The molecule has 2 heterocycles. The van der Waals surface area contributed by atoms with Crippen LogP contribution in [-0.2, 0) is 11.2 Å². The van der Waals surface area contributed by atoms with Crippen molar-refractivity contribution in [2.75, 3.05) is 32.7 Å². The van der Waals surface area contributed by atoms with Gasteiger partial charge in [-0.1, -0.05) is 20.8 Å². The van der Waals surface area contributed by atoms with Crippen LogP contribution in [0.25, 0.3) is 10.9 Å². The van der Waals surface area contributed by atoms with Crippen molar-refractivity contribution < 1.29 is 9.18 Å².